The summed E-state index contributed by atoms with van der Waals surface area (Å²) in [6.45, 7) is 0.351. The van der Waals surface area contributed by atoms with Gasteiger partial charge in [-0.2, -0.15) is 0 Å². The van der Waals surface area contributed by atoms with E-state index in [1.165, 1.54) is 34.5 Å². The van der Waals surface area contributed by atoms with Crippen molar-refractivity contribution in [3.8, 4) is 0 Å². The molecule has 3 N–H and O–H groups in total. The molecular formula is C17H16N4O3S3. The number of nitrogens with two attached hydrogens (primary N) is 1. The summed E-state index contributed by atoms with van der Waals surface area (Å²) >= 11 is 2.50. The lowest BCUT2D eigenvalue weighted by molar-refractivity contribution is -0.117. The monoisotopic (exact) mass is 420 g/mol. The molecule has 0 saturated heterocycles. The number of benzene rings is 1. The fourth-order valence-electron chi connectivity index (χ4n) is 2.86. The van der Waals surface area contributed by atoms with Crippen molar-refractivity contribution in [2.45, 2.75) is 9.46 Å². The Bertz CT molecular complexity index is 1150. The number of thioether (sulfide) groups is 1. The van der Waals surface area contributed by atoms with Crippen LogP contribution in [0.25, 0.3) is 10.9 Å². The van der Waals surface area contributed by atoms with Crippen LogP contribution in [0.3, 0.4) is 0 Å². The van der Waals surface area contributed by atoms with Crippen LogP contribution in [0.5, 0.6) is 0 Å². The number of nitrogens with one attached hydrogen (secondary N) is 1. The van der Waals surface area contributed by atoms with Gasteiger partial charge in [-0.1, -0.05) is 30.0 Å². The quantitative estimate of drug-likeness (QED) is 0.660. The summed E-state index contributed by atoms with van der Waals surface area (Å²) in [6, 6.07) is 10.7. The third-order valence-corrected chi connectivity index (χ3v) is 8.67. The van der Waals surface area contributed by atoms with Crippen molar-refractivity contribution in [3.05, 3.63) is 47.5 Å². The first-order valence-corrected chi connectivity index (χ1v) is 11.2. The van der Waals surface area contributed by atoms with Crippen LogP contribution in [0.15, 0.2) is 51.0 Å². The highest BCUT2D eigenvalue weighted by atomic mass is 32.2. The third kappa shape index (κ3) is 3.13. The van der Waals surface area contributed by atoms with Crippen LogP contribution in [0, 0.1) is 0 Å². The van der Waals surface area contributed by atoms with Crippen molar-refractivity contribution in [2.75, 3.05) is 17.9 Å². The zero-order valence-corrected chi connectivity index (χ0v) is 16.7. The number of hydrogen-bond acceptors (Lipinski definition) is 6. The van der Waals surface area contributed by atoms with E-state index in [2.05, 4.69) is 9.98 Å². The van der Waals surface area contributed by atoms with E-state index in [0.717, 1.165) is 11.1 Å². The van der Waals surface area contributed by atoms with Gasteiger partial charge in [0.1, 0.15) is 14.5 Å². The number of para-hydroxylation sites is 1. The molecule has 0 radical (unpaired) electrons. The van der Waals surface area contributed by atoms with Crippen LogP contribution < -0.4 is 10.0 Å². The summed E-state index contributed by atoms with van der Waals surface area (Å²) in [5, 5.41) is 2.93. The van der Waals surface area contributed by atoms with Crippen molar-refractivity contribution in [3.63, 3.8) is 0 Å². The molecule has 4 rings (SSSR count). The molecule has 1 amide bonds. The van der Waals surface area contributed by atoms with E-state index in [0.29, 0.717) is 22.8 Å². The maximum absolute atomic E-state index is 12.9. The van der Waals surface area contributed by atoms with Crippen LogP contribution in [-0.2, 0) is 14.8 Å². The Labute approximate surface area is 164 Å². The van der Waals surface area contributed by atoms with Crippen molar-refractivity contribution in [2.24, 2.45) is 10.7 Å². The maximum atomic E-state index is 12.9. The highest BCUT2D eigenvalue weighted by Crippen LogP contribution is 2.33. The Morgan fingerprint density at radius 2 is 2.15 bits per heavy atom. The Morgan fingerprint density at radius 3 is 2.81 bits per heavy atom. The average Bonchev–Trinajstić information content (AvgIpc) is 3.40. The zero-order valence-electron chi connectivity index (χ0n) is 14.2. The van der Waals surface area contributed by atoms with Gasteiger partial charge < -0.3 is 10.7 Å². The van der Waals surface area contributed by atoms with E-state index in [4.69, 9.17) is 5.73 Å². The number of carbonyl (C=O) groups is 1. The van der Waals surface area contributed by atoms with Crippen molar-refractivity contribution in [1.29, 1.82) is 0 Å². The lowest BCUT2D eigenvalue weighted by Crippen LogP contribution is -2.26. The second-order valence-corrected chi connectivity index (χ2v) is 10.3. The molecule has 1 aromatic carbocycles. The topological polar surface area (TPSA) is 109 Å². The summed E-state index contributed by atoms with van der Waals surface area (Å²) in [5.41, 5.74) is 7.34. The molecule has 1 aliphatic rings. The average molecular weight is 421 g/mol. The summed E-state index contributed by atoms with van der Waals surface area (Å²) < 4.78 is 27.3. The van der Waals surface area contributed by atoms with Crippen molar-refractivity contribution >= 4 is 60.7 Å². The van der Waals surface area contributed by atoms with E-state index in [1.54, 1.807) is 23.6 Å². The Kier molecular flexibility index (Phi) is 4.49. The molecule has 2 aromatic heterocycles. The first-order valence-electron chi connectivity index (χ1n) is 8.03. The van der Waals surface area contributed by atoms with Gasteiger partial charge in [-0.3, -0.25) is 14.1 Å². The van der Waals surface area contributed by atoms with Crippen LogP contribution in [0.4, 0.5) is 5.69 Å². The maximum Gasteiger partial charge on any atom is 0.273 e. The molecule has 1 aliphatic heterocycles. The van der Waals surface area contributed by atoms with Gasteiger partial charge in [0.15, 0.2) is 0 Å². The van der Waals surface area contributed by atoms with Gasteiger partial charge in [0.2, 0.25) is 5.91 Å². The number of H-pyrrole nitrogens is 1. The second kappa shape index (κ2) is 6.70. The minimum absolute atomic E-state index is 0.286. The van der Waals surface area contributed by atoms with Gasteiger partial charge in [-0.05, 0) is 23.6 Å². The molecule has 140 valence electrons. The lowest BCUT2D eigenvalue weighted by atomic mass is 10.2. The number of aromatic nitrogens is 1. The van der Waals surface area contributed by atoms with Gasteiger partial charge >= 0.3 is 0 Å². The molecule has 1 unspecified atom stereocenters. The summed E-state index contributed by atoms with van der Waals surface area (Å²) in [4.78, 5) is 19.0. The number of fused-ring (bicyclic) bond motifs is 1. The van der Waals surface area contributed by atoms with Crippen LogP contribution in [0.2, 0.25) is 0 Å². The minimum atomic E-state index is -3.63. The normalized spacial score (nSPS) is 17.2. The molecule has 10 heteroatoms. The number of nitrogens with zero attached hydrogens (tertiary/aromatic N) is 2. The molecule has 1 atom stereocenters. The SMILES string of the molecule is CN(c1cccc2cc(C3=NCC(C(N)=O)S3)[nH]c12)S(=O)(=O)c1cccs1. The Morgan fingerprint density at radius 1 is 1.33 bits per heavy atom. The van der Waals surface area contributed by atoms with Gasteiger partial charge in [-0.25, -0.2) is 8.42 Å². The Hall–Kier alpha value is -2.30. The van der Waals surface area contributed by atoms with E-state index < -0.39 is 15.9 Å². The first-order chi connectivity index (χ1) is 12.9. The van der Waals surface area contributed by atoms with Crippen LogP contribution >= 0.6 is 23.1 Å². The molecule has 0 spiro atoms. The first kappa shape index (κ1) is 18.1. The largest absolute Gasteiger partial charge is 0.369 e. The van der Waals surface area contributed by atoms with E-state index >= 15 is 0 Å². The van der Waals surface area contributed by atoms with Crippen LogP contribution in [-0.4, -0.2) is 43.2 Å². The molecular weight excluding hydrogens is 404 g/mol. The van der Waals surface area contributed by atoms with Crippen LogP contribution in [0.1, 0.15) is 5.69 Å². The van der Waals surface area contributed by atoms with Crippen molar-refractivity contribution < 1.29 is 13.2 Å². The number of sulfonamides is 1. The van der Waals surface area contributed by atoms with Gasteiger partial charge in [0.05, 0.1) is 23.4 Å². The van der Waals surface area contributed by atoms with Crippen molar-refractivity contribution in [1.82, 2.24) is 4.98 Å². The fraction of sp³-hybridized carbons (Fsp3) is 0.176. The highest BCUT2D eigenvalue weighted by molar-refractivity contribution is 8.15. The van der Waals surface area contributed by atoms with Gasteiger partial charge in [-0.15, -0.1) is 11.3 Å². The molecule has 27 heavy (non-hydrogen) atoms. The molecule has 0 fully saturated rings. The molecule has 7 nitrogen and oxygen atoms in total. The number of rotatable bonds is 5. The lowest BCUT2D eigenvalue weighted by Gasteiger charge is -2.19. The number of aliphatic imine (C=N–C) groups is 1. The number of primary amides is 1. The molecule has 0 aliphatic carbocycles. The zero-order chi connectivity index (χ0) is 19.2. The number of hydrogen-bond donors (Lipinski definition) is 2. The Balaban J connectivity index is 1.73. The summed E-state index contributed by atoms with van der Waals surface area (Å²) in [5.74, 6) is -0.391. The fourth-order valence-corrected chi connectivity index (χ4v) is 6.15. The molecule has 3 heterocycles. The number of aromatic amines is 1. The predicted molar refractivity (Wildman–Crippen MR) is 110 cm³/mol. The third-order valence-electron chi connectivity index (χ3n) is 4.29. The van der Waals surface area contributed by atoms with Gasteiger partial charge in [0.25, 0.3) is 10.0 Å². The number of amides is 1. The number of carbonyl (C=O) groups excluding carboxylic acids is 1. The summed E-state index contributed by atoms with van der Waals surface area (Å²) in [6.07, 6.45) is 0. The van der Waals surface area contributed by atoms with E-state index in [9.17, 15) is 13.2 Å². The second-order valence-electron chi connectivity index (χ2n) is 5.98. The number of thiophene rings is 1. The smallest absolute Gasteiger partial charge is 0.273 e. The van der Waals surface area contributed by atoms with E-state index in [-0.39, 0.29) is 9.46 Å². The minimum Gasteiger partial charge on any atom is -0.369 e. The number of anilines is 1. The van der Waals surface area contributed by atoms with E-state index in [1.807, 2.05) is 18.2 Å². The molecule has 0 bridgehead atoms. The standard InChI is InChI=1S/C17H16N4O3S3/c1-21(27(23,24)14-6-3-7-25-14)12-5-2-4-10-8-11(20-15(10)12)17-19-9-13(26-17)16(18)22/h2-8,13,20H,9H2,1H3,(H2,18,22). The highest BCUT2D eigenvalue weighted by Gasteiger charge is 2.27. The molecule has 3 aromatic rings. The molecule has 0 saturated carbocycles. The predicted octanol–water partition coefficient (Wildman–Crippen LogP) is 2.40. The summed E-state index contributed by atoms with van der Waals surface area (Å²) in [7, 11) is -2.10. The van der Waals surface area contributed by atoms with Gasteiger partial charge in [0, 0.05) is 12.4 Å².